The number of alkyl halides is 3. The minimum Gasteiger partial charge on any atom is -0.275 e. The van der Waals surface area contributed by atoms with Crippen LogP contribution in [0.5, 0.6) is 0 Å². The van der Waals surface area contributed by atoms with E-state index in [0.29, 0.717) is 15.6 Å². The van der Waals surface area contributed by atoms with Crippen LogP contribution < -0.4 is 0 Å². The first-order valence-corrected chi connectivity index (χ1v) is 8.71. The van der Waals surface area contributed by atoms with Crippen LogP contribution >= 0.6 is 34.8 Å². The molecule has 11 heteroatoms. The second-order valence-electron chi connectivity index (χ2n) is 5.58. The number of carbonyl (C=O) groups excluding carboxylic acids is 1. The van der Waals surface area contributed by atoms with Gasteiger partial charge >= 0.3 is 0 Å². The molecule has 0 aliphatic heterocycles. The first-order valence-electron chi connectivity index (χ1n) is 7.58. The first-order chi connectivity index (χ1) is 12.7. The molecule has 2 aromatic rings. The van der Waals surface area contributed by atoms with Crippen molar-refractivity contribution in [2.24, 2.45) is 7.05 Å². The molecule has 1 aromatic heterocycles. The summed E-state index contributed by atoms with van der Waals surface area (Å²) in [5.74, 6) is -0.954. The molecule has 0 radical (unpaired) electrons. The van der Waals surface area contributed by atoms with Gasteiger partial charge in [-0.05, 0) is 17.7 Å². The number of aromatic nitrogens is 2. The van der Waals surface area contributed by atoms with Gasteiger partial charge in [-0.15, -0.1) is 0 Å². The van der Waals surface area contributed by atoms with Gasteiger partial charge in [0.1, 0.15) is 12.4 Å². The summed E-state index contributed by atoms with van der Waals surface area (Å²) in [5.41, 5.74) is -0.758. The van der Waals surface area contributed by atoms with E-state index in [-0.39, 0.29) is 22.0 Å². The lowest BCUT2D eigenvalue weighted by atomic mass is 10.1. The predicted molar refractivity (Wildman–Crippen MR) is 96.3 cm³/mol. The molecule has 0 bridgehead atoms. The summed E-state index contributed by atoms with van der Waals surface area (Å²) >= 11 is 18.1. The van der Waals surface area contributed by atoms with E-state index in [1.54, 1.807) is 0 Å². The molecule has 0 aliphatic carbocycles. The van der Waals surface area contributed by atoms with Crippen molar-refractivity contribution in [2.75, 3.05) is 13.8 Å². The van der Waals surface area contributed by atoms with Gasteiger partial charge in [0, 0.05) is 34.7 Å². The van der Waals surface area contributed by atoms with Gasteiger partial charge in [0.25, 0.3) is 12.3 Å². The molecule has 1 unspecified atom stereocenters. The summed E-state index contributed by atoms with van der Waals surface area (Å²) in [6.07, 6.45) is -1.98. The van der Waals surface area contributed by atoms with Crippen LogP contribution in [-0.4, -0.2) is 40.6 Å². The molecular weight excluding hydrogens is 430 g/mol. The Morgan fingerprint density at radius 3 is 2.37 bits per heavy atom. The highest BCUT2D eigenvalue weighted by atomic mass is 35.5. The fourth-order valence-corrected chi connectivity index (χ4v) is 3.52. The molecule has 5 nitrogen and oxygen atoms in total. The van der Waals surface area contributed by atoms with Crippen LogP contribution in [0.3, 0.4) is 0 Å². The highest BCUT2D eigenvalue weighted by molar-refractivity contribution is 6.39. The lowest BCUT2D eigenvalue weighted by molar-refractivity contribution is -0.127. The van der Waals surface area contributed by atoms with Crippen LogP contribution in [-0.2, 0) is 18.3 Å². The maximum Gasteiger partial charge on any atom is 0.282 e. The maximum atomic E-state index is 13.7. The van der Waals surface area contributed by atoms with Crippen LogP contribution in [0.25, 0.3) is 0 Å². The third-order valence-corrected chi connectivity index (χ3v) is 4.64. The van der Waals surface area contributed by atoms with Gasteiger partial charge in [0.2, 0.25) is 0 Å². The Labute approximate surface area is 168 Å². The normalized spacial score (nSPS) is 12.5. The SMILES string of the molecule is CON(C(=O)c1cn(C)nc1C(F)F)C(CF)Cc1c(Cl)cc(Cl)cc1Cl. The van der Waals surface area contributed by atoms with Crippen molar-refractivity contribution < 1.29 is 22.8 Å². The number of halogens is 6. The van der Waals surface area contributed by atoms with Crippen LogP contribution in [0.15, 0.2) is 18.3 Å². The van der Waals surface area contributed by atoms with Crippen LogP contribution in [0.4, 0.5) is 13.2 Å². The number of amides is 1. The average Bonchev–Trinajstić information content (AvgIpc) is 2.98. The monoisotopic (exact) mass is 443 g/mol. The van der Waals surface area contributed by atoms with E-state index in [1.165, 1.54) is 19.2 Å². The summed E-state index contributed by atoms with van der Waals surface area (Å²) < 4.78 is 41.0. The Hall–Kier alpha value is -1.48. The molecular formula is C16H15Cl3F3N3O2. The summed E-state index contributed by atoms with van der Waals surface area (Å²) in [4.78, 5) is 17.7. The Morgan fingerprint density at radius 1 is 1.30 bits per heavy atom. The van der Waals surface area contributed by atoms with Gasteiger partial charge in [-0.3, -0.25) is 14.3 Å². The molecule has 0 saturated carbocycles. The lowest BCUT2D eigenvalue weighted by Crippen LogP contribution is -2.42. The van der Waals surface area contributed by atoms with E-state index in [4.69, 9.17) is 39.6 Å². The van der Waals surface area contributed by atoms with E-state index >= 15 is 0 Å². The fraction of sp³-hybridized carbons (Fsp3) is 0.375. The van der Waals surface area contributed by atoms with Gasteiger partial charge in [0.05, 0.1) is 18.7 Å². The minimum atomic E-state index is -2.98. The van der Waals surface area contributed by atoms with Gasteiger partial charge in [-0.25, -0.2) is 18.2 Å². The molecule has 1 amide bonds. The van der Waals surface area contributed by atoms with Crippen molar-refractivity contribution >= 4 is 40.7 Å². The number of rotatable bonds is 7. The van der Waals surface area contributed by atoms with Crippen LogP contribution in [0, 0.1) is 0 Å². The van der Waals surface area contributed by atoms with Crippen molar-refractivity contribution in [3.63, 3.8) is 0 Å². The third kappa shape index (κ3) is 4.87. The molecule has 0 spiro atoms. The van der Waals surface area contributed by atoms with Gasteiger partial charge < -0.3 is 0 Å². The van der Waals surface area contributed by atoms with Crippen LogP contribution in [0.1, 0.15) is 28.0 Å². The molecule has 2 rings (SSSR count). The first kappa shape index (κ1) is 21.8. The smallest absolute Gasteiger partial charge is 0.275 e. The van der Waals surface area contributed by atoms with Gasteiger partial charge in [-0.1, -0.05) is 34.8 Å². The zero-order valence-electron chi connectivity index (χ0n) is 14.2. The molecule has 0 fully saturated rings. The number of hydroxylamine groups is 2. The molecule has 1 aromatic carbocycles. The van der Waals surface area contributed by atoms with Gasteiger partial charge in [0.15, 0.2) is 0 Å². The molecule has 1 atom stereocenters. The second kappa shape index (κ2) is 9.14. The molecule has 1 heterocycles. The van der Waals surface area contributed by atoms with Crippen molar-refractivity contribution in [1.29, 1.82) is 0 Å². The Bertz CT molecular complexity index is 809. The Balaban J connectivity index is 2.36. The molecule has 148 valence electrons. The van der Waals surface area contributed by atoms with Gasteiger partial charge in [-0.2, -0.15) is 5.10 Å². The third-order valence-electron chi connectivity index (χ3n) is 3.75. The number of hydrogen-bond donors (Lipinski definition) is 0. The van der Waals surface area contributed by atoms with Crippen molar-refractivity contribution in [2.45, 2.75) is 18.9 Å². The van der Waals surface area contributed by atoms with E-state index in [1.807, 2.05) is 0 Å². The zero-order valence-corrected chi connectivity index (χ0v) is 16.5. The van der Waals surface area contributed by atoms with E-state index in [0.717, 1.165) is 18.0 Å². The Morgan fingerprint density at radius 2 is 1.89 bits per heavy atom. The maximum absolute atomic E-state index is 13.7. The Kier molecular flexibility index (Phi) is 7.39. The second-order valence-corrected chi connectivity index (χ2v) is 6.83. The molecule has 0 saturated heterocycles. The number of nitrogens with zero attached hydrogens (tertiary/aromatic N) is 3. The number of benzene rings is 1. The lowest BCUT2D eigenvalue weighted by Gasteiger charge is -2.28. The summed E-state index contributed by atoms with van der Waals surface area (Å²) in [7, 11) is 2.52. The fourth-order valence-electron chi connectivity index (χ4n) is 2.55. The van der Waals surface area contributed by atoms with Crippen molar-refractivity contribution in [3.8, 4) is 0 Å². The predicted octanol–water partition coefficient (Wildman–Crippen LogP) is 4.90. The van der Waals surface area contributed by atoms with Crippen LogP contribution in [0.2, 0.25) is 15.1 Å². The van der Waals surface area contributed by atoms with E-state index in [9.17, 15) is 18.0 Å². The number of hydrogen-bond acceptors (Lipinski definition) is 3. The summed E-state index contributed by atoms with van der Waals surface area (Å²) in [6, 6.07) is 1.69. The molecule has 0 N–H and O–H groups in total. The summed E-state index contributed by atoms with van der Waals surface area (Å²) in [5, 5.41) is 4.90. The minimum absolute atomic E-state index is 0.116. The molecule has 27 heavy (non-hydrogen) atoms. The highest BCUT2D eigenvalue weighted by Gasteiger charge is 2.32. The number of carbonyl (C=O) groups is 1. The largest absolute Gasteiger partial charge is 0.282 e. The quantitative estimate of drug-likeness (QED) is 0.571. The van der Waals surface area contributed by atoms with E-state index in [2.05, 4.69) is 5.10 Å². The average molecular weight is 445 g/mol. The standard InChI is InChI=1S/C16H15Cl3F3N3O2/c1-24-7-11(14(23-24)15(21)22)16(26)25(27-2)9(6-20)5-10-12(18)3-8(17)4-13(10)19/h3-4,7,9,15H,5-6H2,1-2H3. The zero-order chi connectivity index (χ0) is 20.3. The highest BCUT2D eigenvalue weighted by Crippen LogP contribution is 2.31. The summed E-state index contributed by atoms with van der Waals surface area (Å²) in [6.45, 7) is -1.03. The van der Waals surface area contributed by atoms with Crippen molar-refractivity contribution in [3.05, 3.63) is 50.2 Å². The topological polar surface area (TPSA) is 47.4 Å². The van der Waals surface area contributed by atoms with E-state index < -0.39 is 30.7 Å². The van der Waals surface area contributed by atoms with Crippen molar-refractivity contribution in [1.82, 2.24) is 14.8 Å². The molecule has 0 aliphatic rings. The number of aryl methyl sites for hydroxylation is 1.